The molecule has 0 unspecified atom stereocenters. The Kier molecular flexibility index (Phi) is 8.34. The number of aromatic nitrogens is 1. The Morgan fingerprint density at radius 3 is 2.22 bits per heavy atom. The molecule has 5 heteroatoms. The number of methoxy groups -OCH3 is 1. The summed E-state index contributed by atoms with van der Waals surface area (Å²) >= 11 is 0. The molecule has 0 radical (unpaired) electrons. The lowest BCUT2D eigenvalue weighted by molar-refractivity contribution is 0.104. The highest BCUT2D eigenvalue weighted by molar-refractivity contribution is 6.17. The summed E-state index contributed by atoms with van der Waals surface area (Å²) in [6, 6.07) is 26.3. The van der Waals surface area contributed by atoms with Crippen molar-refractivity contribution in [3.05, 3.63) is 102 Å². The zero-order chi connectivity index (χ0) is 25.5. The summed E-state index contributed by atoms with van der Waals surface area (Å²) in [5.41, 5.74) is 3.88. The number of aryl methyl sites for hydroxylation is 1. The Hall–Kier alpha value is -3.41. The number of hydrogen-bond donors (Lipinski definition) is 0. The molecule has 192 valence electrons. The summed E-state index contributed by atoms with van der Waals surface area (Å²) in [6.45, 7) is 7.61. The summed E-state index contributed by atoms with van der Waals surface area (Å²) in [5, 5.41) is 0.956. The van der Waals surface area contributed by atoms with Crippen LogP contribution in [0.3, 0.4) is 0 Å². The van der Waals surface area contributed by atoms with E-state index in [1.54, 1.807) is 7.11 Å². The lowest BCUT2D eigenvalue weighted by atomic mass is 10.0. The molecule has 2 heterocycles. The Morgan fingerprint density at radius 1 is 0.784 bits per heavy atom. The van der Waals surface area contributed by atoms with Crippen molar-refractivity contribution in [3.63, 3.8) is 0 Å². The number of ether oxygens (including phenoxy) is 1. The average Bonchev–Trinajstić information content (AvgIpc) is 3.17. The first-order chi connectivity index (χ1) is 18.2. The molecule has 0 saturated carbocycles. The second kappa shape index (κ2) is 12.2. The van der Waals surface area contributed by atoms with Crippen LogP contribution in [-0.2, 0) is 13.0 Å². The number of carbonyl (C=O) groups is 1. The number of benzene rings is 3. The van der Waals surface area contributed by atoms with Crippen LogP contribution >= 0.6 is 0 Å². The van der Waals surface area contributed by atoms with Crippen LogP contribution in [0.4, 0.5) is 0 Å². The van der Waals surface area contributed by atoms with E-state index in [2.05, 4.69) is 44.7 Å². The van der Waals surface area contributed by atoms with Crippen molar-refractivity contribution >= 4 is 16.7 Å². The standard InChI is InChI=1S/C32H37N3O2/c1-37-30-16-8-15-28-29(32(36)27-13-6-3-7-14-27)25-35(31(28)30)21-10-20-33-18-9-19-34(24-23-33)22-17-26-11-4-2-5-12-26/h2-8,11-16,25H,9-10,17-24H2,1H3. The maximum Gasteiger partial charge on any atom is 0.195 e. The summed E-state index contributed by atoms with van der Waals surface area (Å²) in [5.74, 6) is 0.870. The Labute approximate surface area is 220 Å². The van der Waals surface area contributed by atoms with E-state index in [4.69, 9.17) is 4.74 Å². The van der Waals surface area contributed by atoms with Crippen LogP contribution in [0.2, 0.25) is 0 Å². The SMILES string of the molecule is COc1cccc2c(C(=O)c3ccccc3)cn(CCCN3CCCN(CCc4ccccc4)CC3)c12. The minimum atomic E-state index is 0.0562. The molecule has 1 aromatic heterocycles. The predicted molar refractivity (Wildman–Crippen MR) is 151 cm³/mol. The fourth-order valence-electron chi connectivity index (χ4n) is 5.46. The molecule has 1 aliphatic rings. The molecule has 5 nitrogen and oxygen atoms in total. The third-order valence-corrected chi connectivity index (χ3v) is 7.48. The zero-order valence-corrected chi connectivity index (χ0v) is 21.8. The second-order valence-corrected chi connectivity index (χ2v) is 9.91. The molecule has 4 aromatic rings. The number of rotatable bonds is 10. The van der Waals surface area contributed by atoms with Crippen LogP contribution in [-0.4, -0.2) is 66.5 Å². The van der Waals surface area contributed by atoms with Crippen molar-refractivity contribution in [2.75, 3.05) is 46.4 Å². The fourth-order valence-corrected chi connectivity index (χ4v) is 5.46. The molecule has 0 bridgehead atoms. The average molecular weight is 496 g/mol. The molecule has 1 saturated heterocycles. The Balaban J connectivity index is 1.21. The maximum atomic E-state index is 13.3. The van der Waals surface area contributed by atoms with E-state index in [0.29, 0.717) is 5.56 Å². The summed E-state index contributed by atoms with van der Waals surface area (Å²) in [6.07, 6.45) is 5.39. The van der Waals surface area contributed by atoms with Gasteiger partial charge in [-0.2, -0.15) is 0 Å². The molecule has 3 aromatic carbocycles. The number of hydrogen-bond acceptors (Lipinski definition) is 4. The molecule has 0 N–H and O–H groups in total. The molecule has 0 spiro atoms. The molecule has 0 aliphatic carbocycles. The van der Waals surface area contributed by atoms with Gasteiger partial charge >= 0.3 is 0 Å². The van der Waals surface area contributed by atoms with E-state index >= 15 is 0 Å². The highest BCUT2D eigenvalue weighted by Crippen LogP contribution is 2.31. The molecule has 5 rings (SSSR count). The monoisotopic (exact) mass is 495 g/mol. The maximum absolute atomic E-state index is 13.3. The van der Waals surface area contributed by atoms with Gasteiger partial charge in [0.05, 0.1) is 12.6 Å². The van der Waals surface area contributed by atoms with Crippen LogP contribution in [0.25, 0.3) is 10.9 Å². The minimum absolute atomic E-state index is 0.0562. The van der Waals surface area contributed by atoms with Crippen LogP contribution < -0.4 is 4.74 Å². The quantitative estimate of drug-likeness (QED) is 0.272. The van der Waals surface area contributed by atoms with Crippen molar-refractivity contribution in [3.8, 4) is 5.75 Å². The van der Waals surface area contributed by atoms with Gasteiger partial charge in [0.15, 0.2) is 5.78 Å². The molecule has 0 atom stereocenters. The van der Waals surface area contributed by atoms with Gasteiger partial charge in [0.1, 0.15) is 5.75 Å². The van der Waals surface area contributed by atoms with Crippen LogP contribution in [0.1, 0.15) is 34.3 Å². The van der Waals surface area contributed by atoms with Gasteiger partial charge in [-0.3, -0.25) is 4.79 Å². The van der Waals surface area contributed by atoms with Crippen molar-refractivity contribution in [1.82, 2.24) is 14.4 Å². The highest BCUT2D eigenvalue weighted by Gasteiger charge is 2.20. The number of carbonyl (C=O) groups excluding carboxylic acids is 1. The molecule has 0 amide bonds. The van der Waals surface area contributed by atoms with Crippen molar-refractivity contribution in [1.29, 1.82) is 0 Å². The molecular weight excluding hydrogens is 458 g/mol. The lowest BCUT2D eigenvalue weighted by Gasteiger charge is -2.22. The Bertz CT molecular complexity index is 1300. The first-order valence-corrected chi connectivity index (χ1v) is 13.5. The number of fused-ring (bicyclic) bond motifs is 1. The first-order valence-electron chi connectivity index (χ1n) is 13.5. The van der Waals surface area contributed by atoms with Gasteiger partial charge in [0.2, 0.25) is 0 Å². The molecular formula is C32H37N3O2. The number of nitrogens with zero attached hydrogens (tertiary/aromatic N) is 3. The first kappa shape index (κ1) is 25.2. The predicted octanol–water partition coefficient (Wildman–Crippen LogP) is 5.52. The van der Waals surface area contributed by atoms with E-state index in [0.717, 1.165) is 74.3 Å². The smallest absolute Gasteiger partial charge is 0.195 e. The third kappa shape index (κ3) is 6.12. The summed E-state index contributed by atoms with van der Waals surface area (Å²) < 4.78 is 7.91. The van der Waals surface area contributed by atoms with E-state index < -0.39 is 0 Å². The fraction of sp³-hybridized carbons (Fsp3) is 0.344. The van der Waals surface area contributed by atoms with Crippen LogP contribution in [0, 0.1) is 0 Å². The van der Waals surface area contributed by atoms with Crippen LogP contribution in [0.15, 0.2) is 85.1 Å². The van der Waals surface area contributed by atoms with Crippen molar-refractivity contribution in [2.24, 2.45) is 0 Å². The third-order valence-electron chi connectivity index (χ3n) is 7.48. The number of para-hydroxylation sites is 1. The molecule has 1 aliphatic heterocycles. The van der Waals surface area contributed by atoms with Gasteiger partial charge < -0.3 is 19.1 Å². The van der Waals surface area contributed by atoms with E-state index in [1.165, 1.54) is 18.5 Å². The zero-order valence-electron chi connectivity index (χ0n) is 21.8. The molecule has 1 fully saturated rings. The van der Waals surface area contributed by atoms with Crippen LogP contribution in [0.5, 0.6) is 5.75 Å². The largest absolute Gasteiger partial charge is 0.495 e. The van der Waals surface area contributed by atoms with Gasteiger partial charge in [-0.25, -0.2) is 0 Å². The summed E-state index contributed by atoms with van der Waals surface area (Å²) in [7, 11) is 1.70. The van der Waals surface area contributed by atoms with Gasteiger partial charge in [-0.1, -0.05) is 72.8 Å². The lowest BCUT2D eigenvalue weighted by Crippen LogP contribution is -2.32. The normalized spacial score (nSPS) is 15.1. The van der Waals surface area contributed by atoms with E-state index in [-0.39, 0.29) is 5.78 Å². The minimum Gasteiger partial charge on any atom is -0.495 e. The van der Waals surface area contributed by atoms with Gasteiger partial charge in [-0.05, 0) is 50.5 Å². The highest BCUT2D eigenvalue weighted by atomic mass is 16.5. The Morgan fingerprint density at radius 2 is 1.49 bits per heavy atom. The van der Waals surface area contributed by atoms with Gasteiger partial charge in [0.25, 0.3) is 0 Å². The summed E-state index contributed by atoms with van der Waals surface area (Å²) in [4.78, 5) is 18.5. The van der Waals surface area contributed by atoms with Gasteiger partial charge in [-0.15, -0.1) is 0 Å². The van der Waals surface area contributed by atoms with E-state index in [1.807, 2.05) is 54.7 Å². The molecule has 37 heavy (non-hydrogen) atoms. The number of ketones is 1. The topological polar surface area (TPSA) is 37.7 Å². The van der Waals surface area contributed by atoms with Crippen molar-refractivity contribution in [2.45, 2.75) is 25.8 Å². The second-order valence-electron chi connectivity index (χ2n) is 9.91. The van der Waals surface area contributed by atoms with Gasteiger partial charge in [0, 0.05) is 48.9 Å². The van der Waals surface area contributed by atoms with Crippen molar-refractivity contribution < 1.29 is 9.53 Å². The van der Waals surface area contributed by atoms with E-state index in [9.17, 15) is 4.79 Å².